The highest BCUT2D eigenvalue weighted by Gasteiger charge is 2.40. The van der Waals surface area contributed by atoms with Crippen LogP contribution in [0.4, 0.5) is 0 Å². The normalized spacial score (nSPS) is 31.9. The average molecular weight is 214 g/mol. The van der Waals surface area contributed by atoms with Crippen molar-refractivity contribution in [3.8, 4) is 0 Å². The van der Waals surface area contributed by atoms with Gasteiger partial charge in [0.2, 0.25) is 5.91 Å². The zero-order valence-corrected chi connectivity index (χ0v) is 9.88. The topological polar surface area (TPSA) is 64.3 Å². The second kappa shape index (κ2) is 4.94. The molecule has 0 aromatic carbocycles. The maximum absolute atomic E-state index is 11.5. The first-order valence-electron chi connectivity index (χ1n) is 5.60. The summed E-state index contributed by atoms with van der Waals surface area (Å²) in [7, 11) is 1.72. The molecule has 0 unspecified atom stereocenters. The van der Waals surface area contributed by atoms with E-state index in [1.54, 1.807) is 7.11 Å². The van der Waals surface area contributed by atoms with Crippen LogP contribution < -0.4 is 11.1 Å². The van der Waals surface area contributed by atoms with Gasteiger partial charge in [0.15, 0.2) is 0 Å². The monoisotopic (exact) mass is 214 g/mol. The second-order valence-corrected chi connectivity index (χ2v) is 4.68. The van der Waals surface area contributed by atoms with Gasteiger partial charge in [-0.2, -0.15) is 0 Å². The highest BCUT2D eigenvalue weighted by molar-refractivity contribution is 5.84. The third kappa shape index (κ3) is 2.92. The number of nitrogens with two attached hydrogens (primary N) is 1. The first kappa shape index (κ1) is 12.5. The molecule has 3 N–H and O–H groups in total. The van der Waals surface area contributed by atoms with E-state index in [0.717, 1.165) is 25.7 Å². The summed E-state index contributed by atoms with van der Waals surface area (Å²) in [6.45, 7) is 4.07. The van der Waals surface area contributed by atoms with Crippen LogP contribution in [-0.4, -0.2) is 30.7 Å². The molecule has 0 aliphatic heterocycles. The molecule has 1 fully saturated rings. The number of primary amides is 1. The van der Waals surface area contributed by atoms with Crippen LogP contribution in [-0.2, 0) is 9.53 Å². The number of nitrogens with one attached hydrogen (secondary N) is 1. The average Bonchev–Trinajstić information content (AvgIpc) is 2.17. The number of carbonyl (C=O) groups excluding carboxylic acids is 1. The largest absolute Gasteiger partial charge is 0.381 e. The van der Waals surface area contributed by atoms with Gasteiger partial charge < -0.3 is 15.8 Å². The van der Waals surface area contributed by atoms with Gasteiger partial charge in [-0.15, -0.1) is 0 Å². The Hall–Kier alpha value is -0.610. The van der Waals surface area contributed by atoms with Crippen molar-refractivity contribution >= 4 is 5.91 Å². The summed E-state index contributed by atoms with van der Waals surface area (Å²) in [5, 5.41) is 3.31. The Morgan fingerprint density at radius 1 is 1.47 bits per heavy atom. The quantitative estimate of drug-likeness (QED) is 0.727. The van der Waals surface area contributed by atoms with E-state index in [1.807, 2.05) is 13.8 Å². The van der Waals surface area contributed by atoms with E-state index in [0.29, 0.717) is 0 Å². The van der Waals surface area contributed by atoms with E-state index in [2.05, 4.69) is 5.32 Å². The Kier molecular flexibility index (Phi) is 4.11. The van der Waals surface area contributed by atoms with Crippen molar-refractivity contribution < 1.29 is 9.53 Å². The van der Waals surface area contributed by atoms with Gasteiger partial charge in [-0.1, -0.05) is 0 Å². The lowest BCUT2D eigenvalue weighted by Crippen LogP contribution is -2.59. The number of amides is 1. The van der Waals surface area contributed by atoms with Crippen LogP contribution in [0, 0.1) is 0 Å². The van der Waals surface area contributed by atoms with Crippen molar-refractivity contribution in [1.82, 2.24) is 5.32 Å². The van der Waals surface area contributed by atoms with Gasteiger partial charge in [-0.05, 0) is 39.5 Å². The van der Waals surface area contributed by atoms with Gasteiger partial charge in [-0.3, -0.25) is 4.79 Å². The number of ether oxygens (including phenoxy) is 1. The molecular formula is C11H22N2O2. The summed E-state index contributed by atoms with van der Waals surface area (Å²) in [6.07, 6.45) is 3.64. The molecule has 15 heavy (non-hydrogen) atoms. The van der Waals surface area contributed by atoms with Crippen LogP contribution >= 0.6 is 0 Å². The molecule has 1 saturated carbocycles. The second-order valence-electron chi connectivity index (χ2n) is 4.68. The minimum absolute atomic E-state index is 0.231. The van der Waals surface area contributed by atoms with E-state index in [9.17, 15) is 4.79 Å². The summed E-state index contributed by atoms with van der Waals surface area (Å²) >= 11 is 0. The third-order valence-electron chi connectivity index (χ3n) is 3.16. The van der Waals surface area contributed by atoms with Gasteiger partial charge in [0.05, 0.1) is 11.6 Å². The van der Waals surface area contributed by atoms with Crippen molar-refractivity contribution in [3.05, 3.63) is 0 Å². The fourth-order valence-electron chi connectivity index (χ4n) is 2.33. The standard InChI is InChI=1S/C11H22N2O2/c1-8(2)13-11(10(12)14)6-4-9(15-3)5-7-11/h8-9,13H,4-7H2,1-3H3,(H2,12,14). The van der Waals surface area contributed by atoms with Crippen LogP contribution in [0.3, 0.4) is 0 Å². The molecule has 1 aliphatic rings. The van der Waals surface area contributed by atoms with Gasteiger partial charge in [0.1, 0.15) is 0 Å². The lowest BCUT2D eigenvalue weighted by atomic mass is 9.79. The molecule has 1 amide bonds. The fourth-order valence-corrected chi connectivity index (χ4v) is 2.33. The summed E-state index contributed by atoms with van der Waals surface area (Å²) in [6, 6.07) is 0.275. The first-order chi connectivity index (χ1) is 7.00. The lowest BCUT2D eigenvalue weighted by Gasteiger charge is -2.39. The highest BCUT2D eigenvalue weighted by atomic mass is 16.5. The Labute approximate surface area is 91.5 Å². The molecule has 1 rings (SSSR count). The molecule has 0 heterocycles. The molecular weight excluding hydrogens is 192 g/mol. The van der Waals surface area contributed by atoms with Crippen LogP contribution in [0.25, 0.3) is 0 Å². The van der Waals surface area contributed by atoms with Crippen molar-refractivity contribution in [2.45, 2.75) is 57.2 Å². The Morgan fingerprint density at radius 3 is 2.33 bits per heavy atom. The minimum atomic E-state index is -0.511. The van der Waals surface area contributed by atoms with Crippen LogP contribution in [0.2, 0.25) is 0 Å². The molecule has 0 bridgehead atoms. The predicted molar refractivity (Wildman–Crippen MR) is 59.5 cm³/mol. The van der Waals surface area contributed by atoms with E-state index >= 15 is 0 Å². The Bertz CT molecular complexity index is 221. The SMILES string of the molecule is COC1CCC(NC(C)C)(C(N)=O)CC1. The number of rotatable bonds is 4. The molecule has 0 atom stereocenters. The molecule has 0 aromatic rings. The molecule has 0 spiro atoms. The fraction of sp³-hybridized carbons (Fsp3) is 0.909. The van der Waals surface area contributed by atoms with Crippen LogP contribution in [0.5, 0.6) is 0 Å². The van der Waals surface area contributed by atoms with Crippen LogP contribution in [0.1, 0.15) is 39.5 Å². The number of hydrogen-bond acceptors (Lipinski definition) is 3. The number of methoxy groups -OCH3 is 1. The zero-order valence-electron chi connectivity index (χ0n) is 9.88. The van der Waals surface area contributed by atoms with Gasteiger partial charge in [0.25, 0.3) is 0 Å². The summed E-state index contributed by atoms with van der Waals surface area (Å²) in [5.74, 6) is -0.231. The maximum Gasteiger partial charge on any atom is 0.237 e. The molecule has 4 heteroatoms. The van der Waals surface area contributed by atoms with E-state index in [-0.39, 0.29) is 18.1 Å². The van der Waals surface area contributed by atoms with Crippen molar-refractivity contribution in [2.75, 3.05) is 7.11 Å². The Morgan fingerprint density at radius 2 is 2.00 bits per heavy atom. The van der Waals surface area contributed by atoms with Crippen LogP contribution in [0.15, 0.2) is 0 Å². The zero-order chi connectivity index (χ0) is 11.5. The van der Waals surface area contributed by atoms with Gasteiger partial charge in [0, 0.05) is 13.2 Å². The van der Waals surface area contributed by atoms with Gasteiger partial charge >= 0.3 is 0 Å². The summed E-state index contributed by atoms with van der Waals surface area (Å²) in [4.78, 5) is 11.5. The summed E-state index contributed by atoms with van der Waals surface area (Å²) < 4.78 is 5.29. The van der Waals surface area contributed by atoms with E-state index in [1.165, 1.54) is 0 Å². The van der Waals surface area contributed by atoms with Crippen molar-refractivity contribution in [2.24, 2.45) is 5.73 Å². The van der Waals surface area contributed by atoms with E-state index in [4.69, 9.17) is 10.5 Å². The Balaban J connectivity index is 2.65. The van der Waals surface area contributed by atoms with E-state index < -0.39 is 5.54 Å². The molecule has 4 nitrogen and oxygen atoms in total. The predicted octanol–water partition coefficient (Wildman–Crippen LogP) is 0.797. The smallest absolute Gasteiger partial charge is 0.237 e. The molecule has 0 saturated heterocycles. The minimum Gasteiger partial charge on any atom is -0.381 e. The molecule has 1 aliphatic carbocycles. The first-order valence-corrected chi connectivity index (χ1v) is 5.60. The third-order valence-corrected chi connectivity index (χ3v) is 3.16. The lowest BCUT2D eigenvalue weighted by molar-refractivity contribution is -0.127. The molecule has 88 valence electrons. The highest BCUT2D eigenvalue weighted by Crippen LogP contribution is 2.30. The number of hydrogen-bond donors (Lipinski definition) is 2. The van der Waals surface area contributed by atoms with Gasteiger partial charge in [-0.25, -0.2) is 0 Å². The maximum atomic E-state index is 11.5. The van der Waals surface area contributed by atoms with Crippen molar-refractivity contribution in [3.63, 3.8) is 0 Å². The summed E-state index contributed by atoms with van der Waals surface area (Å²) in [5.41, 5.74) is 4.98. The van der Waals surface area contributed by atoms with Crippen molar-refractivity contribution in [1.29, 1.82) is 0 Å². The molecule has 0 aromatic heterocycles. The number of carbonyl (C=O) groups is 1. The molecule has 0 radical (unpaired) electrons.